The van der Waals surface area contributed by atoms with Crippen LogP contribution in [-0.2, 0) is 0 Å². The number of nitrogens with one attached hydrogen (secondary N) is 1. The first kappa shape index (κ1) is 14.5. The Balaban J connectivity index is 0.00000144. The predicted molar refractivity (Wildman–Crippen MR) is 73.3 cm³/mol. The van der Waals surface area contributed by atoms with E-state index in [-0.39, 0.29) is 12.4 Å². The highest BCUT2D eigenvalue weighted by atomic mass is 35.5. The minimum atomic E-state index is 0. The van der Waals surface area contributed by atoms with Crippen molar-refractivity contribution in [1.82, 2.24) is 15.3 Å². The van der Waals surface area contributed by atoms with Gasteiger partial charge in [-0.25, -0.2) is 9.97 Å². The fourth-order valence-corrected chi connectivity index (χ4v) is 2.30. The number of nitrogens with zero attached hydrogens (tertiary/aromatic N) is 3. The summed E-state index contributed by atoms with van der Waals surface area (Å²) in [5.74, 6) is 0.951. The van der Waals surface area contributed by atoms with Crippen molar-refractivity contribution in [1.29, 1.82) is 0 Å². The topological polar surface area (TPSA) is 41.0 Å². The Kier molecular flexibility index (Phi) is 5.43. The van der Waals surface area contributed by atoms with Gasteiger partial charge in [-0.15, -0.1) is 12.4 Å². The van der Waals surface area contributed by atoms with Crippen LogP contribution in [0.5, 0.6) is 0 Å². The number of rotatable bonds is 2. The first-order chi connectivity index (χ1) is 7.69. The van der Waals surface area contributed by atoms with Crippen molar-refractivity contribution >= 4 is 29.8 Å². The third-order valence-corrected chi connectivity index (χ3v) is 3.21. The van der Waals surface area contributed by atoms with Gasteiger partial charge in [-0.2, -0.15) is 0 Å². The zero-order chi connectivity index (χ0) is 11.5. The highest BCUT2D eigenvalue weighted by Gasteiger charge is 2.19. The predicted octanol–water partition coefficient (Wildman–Crippen LogP) is 2.05. The SMILES string of the molecule is CNC1CCN(c2cc(C)nc(Cl)n2)CC1.Cl. The molecule has 1 aromatic heterocycles. The first-order valence-corrected chi connectivity index (χ1v) is 6.00. The van der Waals surface area contributed by atoms with Crippen molar-refractivity contribution < 1.29 is 0 Å². The molecule has 0 aliphatic carbocycles. The summed E-state index contributed by atoms with van der Waals surface area (Å²) in [5, 5.41) is 3.65. The van der Waals surface area contributed by atoms with Gasteiger partial charge in [-0.1, -0.05) is 0 Å². The molecule has 4 nitrogen and oxygen atoms in total. The molecule has 6 heteroatoms. The molecule has 96 valence electrons. The van der Waals surface area contributed by atoms with Crippen molar-refractivity contribution in [3.05, 3.63) is 17.0 Å². The summed E-state index contributed by atoms with van der Waals surface area (Å²) in [6, 6.07) is 2.63. The highest BCUT2D eigenvalue weighted by Crippen LogP contribution is 2.19. The second-order valence-electron chi connectivity index (χ2n) is 4.19. The van der Waals surface area contributed by atoms with Gasteiger partial charge in [0.25, 0.3) is 0 Å². The molecule has 0 saturated carbocycles. The molecule has 0 unspecified atom stereocenters. The molecular formula is C11H18Cl2N4. The average Bonchev–Trinajstić information content (AvgIpc) is 2.28. The van der Waals surface area contributed by atoms with E-state index >= 15 is 0 Å². The summed E-state index contributed by atoms with van der Waals surface area (Å²) in [7, 11) is 2.02. The van der Waals surface area contributed by atoms with Gasteiger partial charge in [0.2, 0.25) is 5.28 Å². The molecule has 17 heavy (non-hydrogen) atoms. The smallest absolute Gasteiger partial charge is 0.224 e. The monoisotopic (exact) mass is 276 g/mol. The fourth-order valence-electron chi connectivity index (χ4n) is 2.08. The lowest BCUT2D eigenvalue weighted by Gasteiger charge is -2.32. The van der Waals surface area contributed by atoms with Crippen molar-refractivity contribution in [2.45, 2.75) is 25.8 Å². The summed E-state index contributed by atoms with van der Waals surface area (Å²) in [5.41, 5.74) is 0.922. The van der Waals surface area contributed by atoms with Gasteiger partial charge < -0.3 is 10.2 Å². The van der Waals surface area contributed by atoms with E-state index in [0.717, 1.165) is 37.4 Å². The molecule has 0 amide bonds. The number of halogens is 2. The summed E-state index contributed by atoms with van der Waals surface area (Å²) >= 11 is 5.86. The van der Waals surface area contributed by atoms with Crippen LogP contribution in [0.3, 0.4) is 0 Å². The summed E-state index contributed by atoms with van der Waals surface area (Å²) in [6.45, 7) is 3.99. The number of hydrogen-bond acceptors (Lipinski definition) is 4. The van der Waals surface area contributed by atoms with E-state index in [1.807, 2.05) is 20.0 Å². The highest BCUT2D eigenvalue weighted by molar-refractivity contribution is 6.28. The third kappa shape index (κ3) is 3.69. The van der Waals surface area contributed by atoms with Gasteiger partial charge in [0.05, 0.1) is 0 Å². The van der Waals surface area contributed by atoms with E-state index in [0.29, 0.717) is 11.3 Å². The van der Waals surface area contributed by atoms with Crippen molar-refractivity contribution in [3.8, 4) is 0 Å². The number of hydrogen-bond donors (Lipinski definition) is 1. The number of anilines is 1. The summed E-state index contributed by atoms with van der Waals surface area (Å²) in [4.78, 5) is 10.6. The zero-order valence-electron chi connectivity index (χ0n) is 10.1. The second-order valence-corrected chi connectivity index (χ2v) is 4.52. The first-order valence-electron chi connectivity index (χ1n) is 5.62. The zero-order valence-corrected chi connectivity index (χ0v) is 11.7. The van der Waals surface area contributed by atoms with E-state index in [2.05, 4.69) is 20.2 Å². The van der Waals surface area contributed by atoms with E-state index < -0.39 is 0 Å². The lowest BCUT2D eigenvalue weighted by atomic mass is 10.1. The molecular weight excluding hydrogens is 259 g/mol. The van der Waals surface area contributed by atoms with Crippen molar-refractivity contribution in [2.75, 3.05) is 25.0 Å². The number of piperidine rings is 1. The molecule has 1 aromatic rings. The van der Waals surface area contributed by atoms with Gasteiger partial charge in [-0.05, 0) is 38.4 Å². The van der Waals surface area contributed by atoms with Crippen LogP contribution in [0, 0.1) is 6.92 Å². The minimum Gasteiger partial charge on any atom is -0.356 e. The van der Waals surface area contributed by atoms with Gasteiger partial charge >= 0.3 is 0 Å². The quantitative estimate of drug-likeness (QED) is 0.840. The Bertz CT molecular complexity index is 344. The lowest BCUT2D eigenvalue weighted by Crippen LogP contribution is -2.41. The molecule has 0 radical (unpaired) electrons. The molecule has 1 aliphatic heterocycles. The maximum Gasteiger partial charge on any atom is 0.224 e. The largest absolute Gasteiger partial charge is 0.356 e. The van der Waals surface area contributed by atoms with Crippen LogP contribution in [-0.4, -0.2) is 36.1 Å². The number of aryl methyl sites for hydroxylation is 1. The van der Waals surface area contributed by atoms with Crippen molar-refractivity contribution in [2.24, 2.45) is 0 Å². The van der Waals surface area contributed by atoms with Crippen LogP contribution in [0.25, 0.3) is 0 Å². The molecule has 1 aliphatic rings. The van der Waals surface area contributed by atoms with Gasteiger partial charge in [0, 0.05) is 30.9 Å². The average molecular weight is 277 g/mol. The van der Waals surface area contributed by atoms with Crippen molar-refractivity contribution in [3.63, 3.8) is 0 Å². The summed E-state index contributed by atoms with van der Waals surface area (Å²) in [6.07, 6.45) is 2.30. The van der Waals surface area contributed by atoms with Gasteiger partial charge in [0.1, 0.15) is 5.82 Å². The minimum absolute atomic E-state index is 0. The van der Waals surface area contributed by atoms with E-state index in [1.165, 1.54) is 0 Å². The Morgan fingerprint density at radius 2 is 2.00 bits per heavy atom. The van der Waals surface area contributed by atoms with E-state index in [4.69, 9.17) is 11.6 Å². The maximum atomic E-state index is 5.86. The van der Waals surface area contributed by atoms with Gasteiger partial charge in [0.15, 0.2) is 0 Å². The lowest BCUT2D eigenvalue weighted by molar-refractivity contribution is 0.440. The van der Waals surface area contributed by atoms with E-state index in [9.17, 15) is 0 Å². The van der Waals surface area contributed by atoms with E-state index in [1.54, 1.807) is 0 Å². The summed E-state index contributed by atoms with van der Waals surface area (Å²) < 4.78 is 0. The van der Waals surface area contributed by atoms with Crippen LogP contribution in [0.2, 0.25) is 5.28 Å². The normalized spacial score (nSPS) is 16.8. The van der Waals surface area contributed by atoms with Crippen LogP contribution >= 0.6 is 24.0 Å². The Morgan fingerprint density at radius 3 is 2.53 bits per heavy atom. The fraction of sp³-hybridized carbons (Fsp3) is 0.636. The third-order valence-electron chi connectivity index (χ3n) is 3.04. The maximum absolute atomic E-state index is 5.86. The molecule has 1 saturated heterocycles. The second kappa shape index (κ2) is 6.38. The van der Waals surface area contributed by atoms with Crippen LogP contribution in [0.15, 0.2) is 6.07 Å². The molecule has 0 atom stereocenters. The van der Waals surface area contributed by atoms with Crippen LogP contribution in [0.4, 0.5) is 5.82 Å². The molecule has 0 bridgehead atoms. The Hall–Kier alpha value is -0.580. The molecule has 1 N–H and O–H groups in total. The molecule has 0 aromatic carbocycles. The standard InChI is InChI=1S/C11H17ClN4.ClH/c1-8-7-10(15-11(12)14-8)16-5-3-9(13-2)4-6-16;/h7,9,13H,3-6H2,1-2H3;1H. The Labute approximate surface area is 113 Å². The molecule has 1 fully saturated rings. The van der Waals surface area contributed by atoms with Crippen LogP contribution < -0.4 is 10.2 Å². The number of aromatic nitrogens is 2. The van der Waals surface area contributed by atoms with Gasteiger partial charge in [-0.3, -0.25) is 0 Å². The Morgan fingerprint density at radius 1 is 1.35 bits per heavy atom. The molecule has 0 spiro atoms. The van der Waals surface area contributed by atoms with Crippen LogP contribution in [0.1, 0.15) is 18.5 Å². The molecule has 2 heterocycles. The molecule has 2 rings (SSSR count).